The van der Waals surface area contributed by atoms with E-state index in [-0.39, 0.29) is 17.3 Å². The van der Waals surface area contributed by atoms with E-state index in [4.69, 9.17) is 14.2 Å². The van der Waals surface area contributed by atoms with Crippen LogP contribution in [0.25, 0.3) is 6.08 Å². The summed E-state index contributed by atoms with van der Waals surface area (Å²) in [7, 11) is 4.52. The van der Waals surface area contributed by atoms with Gasteiger partial charge in [-0.3, -0.25) is 14.4 Å². The molecule has 38 heavy (non-hydrogen) atoms. The zero-order chi connectivity index (χ0) is 26.8. The number of anilines is 1. The van der Waals surface area contributed by atoms with Gasteiger partial charge in [0.1, 0.15) is 5.41 Å². The fourth-order valence-corrected chi connectivity index (χ4v) is 6.78. The van der Waals surface area contributed by atoms with Gasteiger partial charge in [0.15, 0.2) is 28.8 Å². The van der Waals surface area contributed by atoms with Crippen molar-refractivity contribution in [1.29, 1.82) is 0 Å². The number of benzene rings is 3. The van der Waals surface area contributed by atoms with E-state index in [2.05, 4.69) is 0 Å². The number of hydrogen-bond donors (Lipinski definition) is 0. The lowest BCUT2D eigenvalue weighted by Crippen LogP contribution is -2.48. The minimum Gasteiger partial charge on any atom is -0.493 e. The summed E-state index contributed by atoms with van der Waals surface area (Å²) in [6.45, 7) is 1.51. The van der Waals surface area contributed by atoms with Crippen molar-refractivity contribution >= 4 is 29.1 Å². The summed E-state index contributed by atoms with van der Waals surface area (Å²) in [5.74, 6) is -0.490. The van der Waals surface area contributed by atoms with Gasteiger partial charge in [-0.2, -0.15) is 0 Å². The van der Waals surface area contributed by atoms with Gasteiger partial charge in [-0.05, 0) is 24.6 Å². The molecule has 1 fully saturated rings. The first kappa shape index (κ1) is 24.0. The minimum absolute atomic E-state index is 0.157. The van der Waals surface area contributed by atoms with Crippen molar-refractivity contribution in [2.75, 3.05) is 26.2 Å². The second-order valence-electron chi connectivity index (χ2n) is 9.80. The van der Waals surface area contributed by atoms with Gasteiger partial charge in [-0.15, -0.1) is 0 Å². The third-order valence-electron chi connectivity index (χ3n) is 8.20. The Kier molecular flexibility index (Phi) is 5.42. The maximum Gasteiger partial charge on any atom is 0.203 e. The van der Waals surface area contributed by atoms with Gasteiger partial charge in [-0.25, -0.2) is 0 Å². The predicted molar refractivity (Wildman–Crippen MR) is 143 cm³/mol. The Hall–Kier alpha value is -4.39. The molecular weight excluding hydrogens is 482 g/mol. The molecule has 0 saturated carbocycles. The molecule has 1 unspecified atom stereocenters. The molecule has 3 aromatic carbocycles. The van der Waals surface area contributed by atoms with Crippen molar-refractivity contribution in [3.8, 4) is 17.2 Å². The summed E-state index contributed by atoms with van der Waals surface area (Å²) in [5.41, 5.74) is 1.42. The van der Waals surface area contributed by atoms with Crippen LogP contribution in [0.2, 0.25) is 0 Å². The number of carbonyl (C=O) groups is 3. The van der Waals surface area contributed by atoms with Gasteiger partial charge in [0.05, 0.1) is 33.4 Å². The number of methoxy groups -OCH3 is 3. The molecule has 3 atom stereocenters. The summed E-state index contributed by atoms with van der Waals surface area (Å²) < 4.78 is 17.0. The van der Waals surface area contributed by atoms with Crippen molar-refractivity contribution < 1.29 is 28.6 Å². The molecule has 3 aliphatic rings. The number of nitrogens with zero attached hydrogens (tertiary/aromatic N) is 1. The van der Waals surface area contributed by atoms with Crippen LogP contribution >= 0.6 is 0 Å². The Morgan fingerprint density at radius 1 is 0.816 bits per heavy atom. The van der Waals surface area contributed by atoms with Crippen LogP contribution in [-0.4, -0.2) is 50.8 Å². The average molecular weight is 510 g/mol. The number of fused-ring (bicyclic) bond motifs is 5. The molecule has 1 saturated heterocycles. The van der Waals surface area contributed by atoms with Crippen molar-refractivity contribution in [3.05, 3.63) is 89.0 Å². The average Bonchev–Trinajstić information content (AvgIpc) is 3.38. The highest BCUT2D eigenvalue weighted by atomic mass is 16.5. The van der Waals surface area contributed by atoms with E-state index in [0.717, 1.165) is 11.3 Å². The molecule has 7 heteroatoms. The molecule has 2 aliphatic heterocycles. The molecule has 0 aromatic heterocycles. The first-order chi connectivity index (χ1) is 18.4. The molecule has 1 aliphatic carbocycles. The third-order valence-corrected chi connectivity index (χ3v) is 8.20. The van der Waals surface area contributed by atoms with Crippen LogP contribution in [0.4, 0.5) is 5.69 Å². The lowest BCUT2D eigenvalue weighted by molar-refractivity contribution is -0.118. The smallest absolute Gasteiger partial charge is 0.203 e. The van der Waals surface area contributed by atoms with Crippen molar-refractivity contribution in [1.82, 2.24) is 0 Å². The number of hydrogen-bond acceptors (Lipinski definition) is 7. The minimum atomic E-state index is -1.59. The van der Waals surface area contributed by atoms with E-state index in [1.54, 1.807) is 36.4 Å². The van der Waals surface area contributed by atoms with Crippen molar-refractivity contribution in [3.63, 3.8) is 0 Å². The second-order valence-corrected chi connectivity index (χ2v) is 9.80. The highest BCUT2D eigenvalue weighted by Crippen LogP contribution is 2.62. The zero-order valence-corrected chi connectivity index (χ0v) is 21.6. The van der Waals surface area contributed by atoms with Crippen LogP contribution in [0.3, 0.4) is 0 Å². The molecule has 0 bridgehead atoms. The van der Waals surface area contributed by atoms with Gasteiger partial charge in [0.2, 0.25) is 5.75 Å². The second kappa shape index (κ2) is 8.58. The summed E-state index contributed by atoms with van der Waals surface area (Å²) >= 11 is 0. The van der Waals surface area contributed by atoms with E-state index in [1.165, 1.54) is 28.3 Å². The maximum atomic E-state index is 14.5. The van der Waals surface area contributed by atoms with Gasteiger partial charge >= 0.3 is 0 Å². The fourth-order valence-electron chi connectivity index (χ4n) is 6.78. The lowest BCUT2D eigenvalue weighted by atomic mass is 9.64. The molecule has 3 aromatic rings. The number of ether oxygens (including phenoxy) is 3. The standard InChI is InChI=1S/C31H27NO6/c1-17(33)26-25(21-14-15-23(36-2)28(38-4)27(21)37-3)31(29(34)19-10-6-7-11-20(19)30(31)35)24-16-13-18-9-5-8-12-22(18)32(24)26/h5-16,24-26H,1-4H3/t24?,25-,26-/m0/s1. The summed E-state index contributed by atoms with van der Waals surface area (Å²) in [6, 6.07) is 16.6. The molecule has 0 N–H and O–H groups in total. The summed E-state index contributed by atoms with van der Waals surface area (Å²) in [4.78, 5) is 44.6. The number of rotatable bonds is 5. The number of ketones is 3. The van der Waals surface area contributed by atoms with E-state index in [1.807, 2.05) is 41.3 Å². The maximum absolute atomic E-state index is 14.5. The van der Waals surface area contributed by atoms with Crippen molar-refractivity contribution in [2.45, 2.75) is 24.9 Å². The molecular formula is C31H27NO6. The van der Waals surface area contributed by atoms with E-state index < -0.39 is 23.4 Å². The van der Waals surface area contributed by atoms with Crippen LogP contribution in [0, 0.1) is 5.41 Å². The van der Waals surface area contributed by atoms with Crippen LogP contribution in [0.1, 0.15) is 44.7 Å². The Morgan fingerprint density at radius 2 is 1.45 bits per heavy atom. The van der Waals surface area contributed by atoms with Gasteiger partial charge in [0, 0.05) is 28.3 Å². The number of carbonyl (C=O) groups excluding carboxylic acids is 3. The molecule has 1 spiro atoms. The van der Waals surface area contributed by atoms with Gasteiger partial charge < -0.3 is 19.1 Å². The normalized spacial score (nSPS) is 22.2. The zero-order valence-electron chi connectivity index (χ0n) is 21.6. The van der Waals surface area contributed by atoms with E-state index >= 15 is 0 Å². The predicted octanol–water partition coefficient (Wildman–Crippen LogP) is 4.73. The first-order valence-electron chi connectivity index (χ1n) is 12.4. The van der Waals surface area contributed by atoms with Crippen LogP contribution in [0.15, 0.2) is 66.7 Å². The molecule has 192 valence electrons. The molecule has 0 amide bonds. The van der Waals surface area contributed by atoms with E-state index in [0.29, 0.717) is 33.9 Å². The number of Topliss-reactive ketones (excluding diaryl/α,β-unsaturated/α-hetero) is 3. The molecule has 6 rings (SSSR count). The largest absolute Gasteiger partial charge is 0.493 e. The Bertz CT molecular complexity index is 1500. The van der Waals surface area contributed by atoms with Crippen molar-refractivity contribution in [2.24, 2.45) is 5.41 Å². The monoisotopic (exact) mass is 509 g/mol. The topological polar surface area (TPSA) is 82.1 Å². The summed E-state index contributed by atoms with van der Waals surface area (Å²) in [6.07, 6.45) is 3.83. The fraction of sp³-hybridized carbons (Fsp3) is 0.258. The van der Waals surface area contributed by atoms with E-state index in [9.17, 15) is 14.4 Å². The molecule has 2 heterocycles. The quantitative estimate of drug-likeness (QED) is 0.460. The highest BCUT2D eigenvalue weighted by Gasteiger charge is 2.71. The Morgan fingerprint density at radius 3 is 2.05 bits per heavy atom. The summed E-state index contributed by atoms with van der Waals surface area (Å²) in [5, 5.41) is 0. The van der Waals surface area contributed by atoms with Crippen LogP contribution in [0.5, 0.6) is 17.2 Å². The van der Waals surface area contributed by atoms with Gasteiger partial charge in [-0.1, -0.05) is 60.7 Å². The lowest BCUT2D eigenvalue weighted by Gasteiger charge is -2.37. The molecule has 7 nitrogen and oxygen atoms in total. The van der Waals surface area contributed by atoms with Crippen LogP contribution < -0.4 is 19.1 Å². The Labute approximate surface area is 220 Å². The SMILES string of the molecule is COc1ccc([C@H]2[C@H](C(C)=O)N3c4ccccc4C=CC3C23C(=O)c2ccccc2C3=O)c(OC)c1OC. The molecule has 0 radical (unpaired) electrons. The Balaban J connectivity index is 1.72. The van der Waals surface area contributed by atoms with Crippen LogP contribution in [-0.2, 0) is 4.79 Å². The highest BCUT2D eigenvalue weighted by molar-refractivity contribution is 6.32. The first-order valence-corrected chi connectivity index (χ1v) is 12.4. The van der Waals surface area contributed by atoms with Gasteiger partial charge in [0.25, 0.3) is 0 Å². The number of para-hydroxylation sites is 1. The third kappa shape index (κ3) is 2.87.